The zero-order valence-electron chi connectivity index (χ0n) is 19.4. The van der Waals surface area contributed by atoms with Gasteiger partial charge >= 0.3 is 5.69 Å². The third-order valence-corrected chi connectivity index (χ3v) is 10.4. The number of aryl methyl sites for hydroxylation is 2. The Morgan fingerprint density at radius 2 is 1.85 bits per heavy atom. The van der Waals surface area contributed by atoms with Gasteiger partial charge in [0.25, 0.3) is 10.0 Å². The summed E-state index contributed by atoms with van der Waals surface area (Å²) in [7, 11) is -3.86. The monoisotopic (exact) mass is 505 g/mol. The van der Waals surface area contributed by atoms with Gasteiger partial charge in [-0.2, -0.15) is 4.98 Å². The van der Waals surface area contributed by atoms with Crippen LogP contribution in [0, 0.1) is 19.8 Å². The second kappa shape index (κ2) is 10.2. The predicted molar refractivity (Wildman–Crippen MR) is 137 cm³/mol. The van der Waals surface area contributed by atoms with Crippen molar-refractivity contribution in [2.75, 3.05) is 10.5 Å². The highest BCUT2D eigenvalue weighted by molar-refractivity contribution is 8.01. The highest BCUT2D eigenvalue weighted by atomic mass is 32.2. The van der Waals surface area contributed by atoms with Gasteiger partial charge in [-0.25, -0.2) is 13.2 Å². The molecule has 6 nitrogen and oxygen atoms in total. The summed E-state index contributed by atoms with van der Waals surface area (Å²) in [6, 6.07) is 6.64. The molecule has 0 saturated heterocycles. The number of nitrogens with zero attached hydrogens (tertiary/aromatic N) is 2. The molecule has 0 aromatic heterocycles. The molecule has 9 heteroatoms. The number of fused-ring (bicyclic) bond motifs is 1. The lowest BCUT2D eigenvalue weighted by Crippen LogP contribution is -2.18. The van der Waals surface area contributed by atoms with Crippen LogP contribution in [0.25, 0.3) is 5.69 Å². The number of aromatic nitrogens is 2. The molecule has 3 aliphatic rings. The lowest BCUT2D eigenvalue weighted by atomic mass is 9.88. The first-order valence-electron chi connectivity index (χ1n) is 11.6. The van der Waals surface area contributed by atoms with Crippen molar-refractivity contribution in [1.29, 1.82) is 0 Å². The largest absolute Gasteiger partial charge is 0.354 e. The van der Waals surface area contributed by atoms with Gasteiger partial charge in [0.05, 0.1) is 9.10 Å². The summed E-state index contributed by atoms with van der Waals surface area (Å²) in [5, 5.41) is 0. The van der Waals surface area contributed by atoms with Crippen molar-refractivity contribution >= 4 is 38.9 Å². The highest BCUT2D eigenvalue weighted by Gasteiger charge is 2.27. The molecule has 1 fully saturated rings. The van der Waals surface area contributed by atoms with E-state index in [2.05, 4.69) is 16.6 Å². The van der Waals surface area contributed by atoms with Gasteiger partial charge in [0.1, 0.15) is 5.69 Å². The fourth-order valence-corrected chi connectivity index (χ4v) is 8.10. The van der Waals surface area contributed by atoms with Gasteiger partial charge in [0.2, 0.25) is 0 Å². The number of thioether (sulfide) groups is 1. The van der Waals surface area contributed by atoms with Crippen LogP contribution < -0.4 is 10.4 Å². The lowest BCUT2D eigenvalue weighted by molar-refractivity contribution is 0.351. The standard InChI is InChI=1S/C24H31N3O3S3/c1-4-20-17(3)27-21(23(32-20)31-15-14-18-8-6-5-7-9-18)22(25-24(27)28)26-33(29,30)19-12-10-16(2)11-13-19/h10-13,18H,4-9,14-15H2,1-3H3,(H,25,26,28). The molecule has 178 valence electrons. The molecule has 1 saturated carbocycles. The van der Waals surface area contributed by atoms with E-state index in [0.717, 1.165) is 44.9 Å². The fourth-order valence-electron chi connectivity index (χ4n) is 4.45. The molecular formula is C24H31N3O3S3. The second-order valence-electron chi connectivity index (χ2n) is 8.74. The molecule has 0 unspecified atom stereocenters. The fraction of sp³-hybridized carbons (Fsp3) is 0.500. The van der Waals surface area contributed by atoms with Gasteiger partial charge < -0.3 is 0 Å². The van der Waals surface area contributed by atoms with Crippen LogP contribution in [0.4, 0.5) is 5.82 Å². The van der Waals surface area contributed by atoms with E-state index >= 15 is 0 Å². The van der Waals surface area contributed by atoms with Gasteiger partial charge in [-0.15, -0.1) is 23.1 Å². The van der Waals surface area contributed by atoms with Gasteiger partial charge in [0, 0.05) is 10.6 Å². The van der Waals surface area contributed by atoms with Crippen LogP contribution in [-0.4, -0.2) is 23.7 Å². The minimum atomic E-state index is -3.86. The molecule has 2 heterocycles. The summed E-state index contributed by atoms with van der Waals surface area (Å²) < 4.78 is 31.2. The summed E-state index contributed by atoms with van der Waals surface area (Å²) in [6.07, 6.45) is 8.53. The number of imidazole rings is 1. The van der Waals surface area contributed by atoms with E-state index in [1.807, 2.05) is 13.8 Å². The Balaban J connectivity index is 1.68. The number of nitrogens with one attached hydrogen (secondary N) is 1. The van der Waals surface area contributed by atoms with Crippen LogP contribution in [0.1, 0.15) is 61.6 Å². The Kier molecular flexibility index (Phi) is 7.50. The third kappa shape index (κ3) is 5.30. The maximum Gasteiger partial charge on any atom is 0.354 e. The summed E-state index contributed by atoms with van der Waals surface area (Å²) in [5.41, 5.74) is 1.93. The minimum Gasteiger partial charge on any atom is -0.261 e. The normalized spacial score (nSPS) is 15.2. The van der Waals surface area contributed by atoms with Crippen molar-refractivity contribution in [2.45, 2.75) is 74.8 Å². The third-order valence-electron chi connectivity index (χ3n) is 6.36. The molecule has 0 amide bonds. The molecule has 1 aromatic carbocycles. The molecule has 0 atom stereocenters. The zero-order valence-corrected chi connectivity index (χ0v) is 21.8. The average Bonchev–Trinajstić information content (AvgIpc) is 3.12. The number of rotatable bonds is 8. The number of sulfonamides is 1. The van der Waals surface area contributed by atoms with Gasteiger partial charge in [0.15, 0.2) is 5.82 Å². The Morgan fingerprint density at radius 3 is 2.52 bits per heavy atom. The van der Waals surface area contributed by atoms with Crippen molar-refractivity contribution in [3.63, 3.8) is 0 Å². The molecule has 0 radical (unpaired) electrons. The molecule has 4 rings (SSSR count). The smallest absolute Gasteiger partial charge is 0.261 e. The number of anilines is 1. The van der Waals surface area contributed by atoms with Gasteiger partial charge in [-0.3, -0.25) is 9.29 Å². The van der Waals surface area contributed by atoms with Crippen molar-refractivity contribution in [2.24, 2.45) is 5.92 Å². The van der Waals surface area contributed by atoms with Crippen LogP contribution >= 0.6 is 23.1 Å². The Labute approximate surface area is 204 Å². The quantitative estimate of drug-likeness (QED) is 0.393. The highest BCUT2D eigenvalue weighted by Crippen LogP contribution is 2.40. The average molecular weight is 506 g/mol. The molecule has 1 aliphatic carbocycles. The Bertz CT molecular complexity index is 1240. The van der Waals surface area contributed by atoms with E-state index in [1.54, 1.807) is 51.9 Å². The van der Waals surface area contributed by atoms with Crippen molar-refractivity contribution < 1.29 is 8.42 Å². The minimum absolute atomic E-state index is 0.114. The first-order valence-corrected chi connectivity index (χ1v) is 14.9. The Hall–Kier alpha value is -1.84. The van der Waals surface area contributed by atoms with Crippen LogP contribution in [0.2, 0.25) is 0 Å². The Morgan fingerprint density at radius 1 is 1.15 bits per heavy atom. The summed E-state index contributed by atoms with van der Waals surface area (Å²) in [5.74, 6) is 1.83. The van der Waals surface area contributed by atoms with E-state index in [9.17, 15) is 13.2 Å². The summed E-state index contributed by atoms with van der Waals surface area (Å²) in [4.78, 5) is 18.2. The van der Waals surface area contributed by atoms with Gasteiger partial charge in [-0.1, -0.05) is 56.7 Å². The first-order chi connectivity index (χ1) is 15.8. The topological polar surface area (TPSA) is 81.1 Å². The van der Waals surface area contributed by atoms with Crippen LogP contribution in [-0.2, 0) is 16.4 Å². The van der Waals surface area contributed by atoms with E-state index in [0.29, 0.717) is 5.69 Å². The van der Waals surface area contributed by atoms with E-state index in [1.165, 1.54) is 32.1 Å². The van der Waals surface area contributed by atoms with Crippen molar-refractivity contribution in [3.05, 3.63) is 50.9 Å². The number of benzene rings is 1. The maximum atomic E-state index is 13.0. The molecule has 1 N–H and O–H groups in total. The second-order valence-corrected chi connectivity index (χ2v) is 12.9. The molecule has 0 bridgehead atoms. The number of hydrogen-bond donors (Lipinski definition) is 1. The zero-order chi connectivity index (χ0) is 23.6. The maximum absolute atomic E-state index is 13.0. The summed E-state index contributed by atoms with van der Waals surface area (Å²) >= 11 is 3.36. The van der Waals surface area contributed by atoms with Crippen LogP contribution in [0.15, 0.2) is 38.2 Å². The van der Waals surface area contributed by atoms with E-state index in [-0.39, 0.29) is 10.7 Å². The number of hydrogen-bond acceptors (Lipinski definition) is 6. The van der Waals surface area contributed by atoms with Gasteiger partial charge in [-0.05, 0) is 50.5 Å². The van der Waals surface area contributed by atoms with Crippen LogP contribution in [0.5, 0.6) is 0 Å². The van der Waals surface area contributed by atoms with Crippen molar-refractivity contribution in [3.8, 4) is 5.69 Å². The molecule has 1 aromatic rings. The van der Waals surface area contributed by atoms with E-state index < -0.39 is 15.7 Å². The first kappa shape index (κ1) is 24.3. The molecule has 33 heavy (non-hydrogen) atoms. The van der Waals surface area contributed by atoms with E-state index in [4.69, 9.17) is 0 Å². The predicted octanol–water partition coefficient (Wildman–Crippen LogP) is 5.77. The SMILES string of the molecule is CCc1sc(SCCC2CCCCC2)c2c(NS(=O)(=O)c3ccc(C)cc3)nc(=O)n-2c1C. The van der Waals surface area contributed by atoms with Crippen LogP contribution in [0.3, 0.4) is 0 Å². The lowest BCUT2D eigenvalue weighted by Gasteiger charge is -2.21. The summed E-state index contributed by atoms with van der Waals surface area (Å²) in [6.45, 7) is 5.88. The molecule has 2 aliphatic heterocycles. The van der Waals surface area contributed by atoms with Crippen molar-refractivity contribution in [1.82, 2.24) is 9.55 Å². The molecular weight excluding hydrogens is 474 g/mol. The molecule has 0 spiro atoms.